The molecule has 5 heteroatoms. The minimum Gasteiger partial charge on any atom is -0.310 e. The number of aromatic nitrogens is 1. The molecule has 0 atom stereocenters. The fourth-order valence-electron chi connectivity index (χ4n) is 1.24. The predicted octanol–water partition coefficient (Wildman–Crippen LogP) is 2.46. The standard InChI is InChI=1S/C11H9FN2OS/c12-9-4-1-5-10(13-9)14-11(15)7-8-3-2-6-16-8/h1-6H,7H2,(H,13,14,15). The van der Waals surface area contributed by atoms with E-state index in [1.54, 1.807) is 6.07 Å². The molecule has 2 heterocycles. The summed E-state index contributed by atoms with van der Waals surface area (Å²) in [5, 5.41) is 4.44. The zero-order valence-corrected chi connectivity index (χ0v) is 9.13. The number of nitrogens with one attached hydrogen (secondary N) is 1. The number of carbonyl (C=O) groups is 1. The lowest BCUT2D eigenvalue weighted by Crippen LogP contribution is -2.14. The molecule has 0 fully saturated rings. The maximum absolute atomic E-state index is 12.7. The van der Waals surface area contributed by atoms with Crippen molar-refractivity contribution >= 4 is 23.1 Å². The molecule has 0 aliphatic carbocycles. The fraction of sp³-hybridized carbons (Fsp3) is 0.0909. The number of pyridine rings is 1. The van der Waals surface area contributed by atoms with Crippen molar-refractivity contribution in [2.45, 2.75) is 6.42 Å². The van der Waals surface area contributed by atoms with E-state index in [2.05, 4.69) is 10.3 Å². The van der Waals surface area contributed by atoms with Crippen molar-refractivity contribution in [3.05, 3.63) is 46.5 Å². The molecule has 0 unspecified atom stereocenters. The van der Waals surface area contributed by atoms with Crippen LogP contribution in [0.4, 0.5) is 10.2 Å². The third kappa shape index (κ3) is 2.87. The Labute approximate surface area is 96.0 Å². The second kappa shape index (κ2) is 4.85. The van der Waals surface area contributed by atoms with Crippen LogP contribution in [0.1, 0.15) is 4.88 Å². The van der Waals surface area contributed by atoms with Crippen LogP contribution in [0.5, 0.6) is 0 Å². The van der Waals surface area contributed by atoms with Gasteiger partial charge in [0.25, 0.3) is 0 Å². The van der Waals surface area contributed by atoms with Crippen molar-refractivity contribution in [1.29, 1.82) is 0 Å². The van der Waals surface area contributed by atoms with E-state index in [1.165, 1.54) is 23.5 Å². The van der Waals surface area contributed by atoms with Crippen LogP contribution >= 0.6 is 11.3 Å². The van der Waals surface area contributed by atoms with Crippen LogP contribution in [0.15, 0.2) is 35.7 Å². The Morgan fingerprint density at radius 3 is 2.94 bits per heavy atom. The van der Waals surface area contributed by atoms with Gasteiger partial charge in [0.05, 0.1) is 6.42 Å². The largest absolute Gasteiger partial charge is 0.310 e. The lowest BCUT2D eigenvalue weighted by atomic mass is 10.3. The van der Waals surface area contributed by atoms with Crippen LogP contribution in [0, 0.1) is 5.95 Å². The molecule has 0 bridgehead atoms. The summed E-state index contributed by atoms with van der Waals surface area (Å²) in [6.45, 7) is 0. The van der Waals surface area contributed by atoms with Gasteiger partial charge in [-0.05, 0) is 23.6 Å². The molecule has 3 nitrogen and oxygen atoms in total. The van der Waals surface area contributed by atoms with E-state index in [1.807, 2.05) is 17.5 Å². The van der Waals surface area contributed by atoms with E-state index in [9.17, 15) is 9.18 Å². The van der Waals surface area contributed by atoms with Crippen molar-refractivity contribution in [1.82, 2.24) is 4.98 Å². The van der Waals surface area contributed by atoms with Crippen molar-refractivity contribution in [3.8, 4) is 0 Å². The second-order valence-corrected chi connectivity index (χ2v) is 4.18. The van der Waals surface area contributed by atoms with E-state index in [-0.39, 0.29) is 18.1 Å². The van der Waals surface area contributed by atoms with Crippen molar-refractivity contribution in [3.63, 3.8) is 0 Å². The zero-order chi connectivity index (χ0) is 11.4. The second-order valence-electron chi connectivity index (χ2n) is 3.15. The van der Waals surface area contributed by atoms with Crippen LogP contribution in [0.3, 0.4) is 0 Å². The average molecular weight is 236 g/mol. The number of amides is 1. The number of nitrogens with zero attached hydrogens (tertiary/aromatic N) is 1. The van der Waals surface area contributed by atoms with Gasteiger partial charge in [0.2, 0.25) is 11.9 Å². The number of hydrogen-bond donors (Lipinski definition) is 1. The smallest absolute Gasteiger partial charge is 0.230 e. The summed E-state index contributed by atoms with van der Waals surface area (Å²) >= 11 is 1.51. The first-order valence-corrected chi connectivity index (χ1v) is 5.57. The minimum atomic E-state index is -0.603. The van der Waals surface area contributed by atoms with Gasteiger partial charge in [-0.25, -0.2) is 4.98 Å². The van der Waals surface area contributed by atoms with Crippen molar-refractivity contribution in [2.24, 2.45) is 0 Å². The van der Waals surface area contributed by atoms with Gasteiger partial charge >= 0.3 is 0 Å². The molecule has 0 aromatic carbocycles. The van der Waals surface area contributed by atoms with Gasteiger partial charge in [0.15, 0.2) is 0 Å². The number of rotatable bonds is 3. The number of carbonyl (C=O) groups excluding carboxylic acids is 1. The molecule has 0 saturated carbocycles. The van der Waals surface area contributed by atoms with Crippen LogP contribution in [0.2, 0.25) is 0 Å². The molecule has 0 aliphatic rings. The Balaban J connectivity index is 1.97. The number of anilines is 1. The SMILES string of the molecule is O=C(Cc1cccs1)Nc1cccc(F)n1. The van der Waals surface area contributed by atoms with E-state index in [4.69, 9.17) is 0 Å². The first kappa shape index (κ1) is 10.8. The fourth-order valence-corrected chi connectivity index (χ4v) is 1.94. The molecule has 0 radical (unpaired) electrons. The predicted molar refractivity (Wildman–Crippen MR) is 60.8 cm³/mol. The minimum absolute atomic E-state index is 0.194. The maximum atomic E-state index is 12.7. The van der Waals surface area contributed by atoms with Crippen LogP contribution in [0.25, 0.3) is 0 Å². The van der Waals surface area contributed by atoms with E-state index >= 15 is 0 Å². The van der Waals surface area contributed by atoms with Gasteiger partial charge in [-0.1, -0.05) is 12.1 Å². The topological polar surface area (TPSA) is 42.0 Å². The van der Waals surface area contributed by atoms with Crippen molar-refractivity contribution < 1.29 is 9.18 Å². The summed E-state index contributed by atoms with van der Waals surface area (Å²) in [5.41, 5.74) is 0. The highest BCUT2D eigenvalue weighted by molar-refractivity contribution is 7.10. The molecular formula is C11H9FN2OS. The average Bonchev–Trinajstić information content (AvgIpc) is 2.70. The highest BCUT2D eigenvalue weighted by Crippen LogP contribution is 2.10. The molecular weight excluding hydrogens is 227 g/mol. The molecule has 0 saturated heterocycles. The Kier molecular flexibility index (Phi) is 3.26. The Bertz CT molecular complexity index is 484. The van der Waals surface area contributed by atoms with Gasteiger partial charge < -0.3 is 5.32 Å². The third-order valence-corrected chi connectivity index (χ3v) is 2.77. The summed E-state index contributed by atoms with van der Waals surface area (Å²) in [7, 11) is 0. The summed E-state index contributed by atoms with van der Waals surface area (Å²) in [6.07, 6.45) is 0.288. The molecule has 16 heavy (non-hydrogen) atoms. The van der Waals surface area contributed by atoms with Crippen molar-refractivity contribution in [2.75, 3.05) is 5.32 Å². The summed E-state index contributed by atoms with van der Waals surface area (Å²) < 4.78 is 12.7. The number of thiophene rings is 1. The summed E-state index contributed by atoms with van der Waals surface area (Å²) in [5.74, 6) is -0.559. The van der Waals surface area contributed by atoms with Crippen LogP contribution < -0.4 is 5.32 Å². The quantitative estimate of drug-likeness (QED) is 0.832. The van der Waals surface area contributed by atoms with Gasteiger partial charge in [-0.2, -0.15) is 4.39 Å². The van der Waals surface area contributed by atoms with E-state index in [0.717, 1.165) is 4.88 Å². The molecule has 2 rings (SSSR count). The molecule has 1 amide bonds. The molecule has 0 spiro atoms. The van der Waals surface area contributed by atoms with Crippen LogP contribution in [-0.4, -0.2) is 10.9 Å². The van der Waals surface area contributed by atoms with Gasteiger partial charge in [-0.3, -0.25) is 4.79 Å². The molecule has 1 N–H and O–H groups in total. The van der Waals surface area contributed by atoms with Gasteiger partial charge in [-0.15, -0.1) is 11.3 Å². The molecule has 2 aromatic rings. The zero-order valence-electron chi connectivity index (χ0n) is 8.31. The van der Waals surface area contributed by atoms with Gasteiger partial charge in [0.1, 0.15) is 5.82 Å². The number of hydrogen-bond acceptors (Lipinski definition) is 3. The first-order chi connectivity index (χ1) is 7.74. The Morgan fingerprint density at radius 1 is 1.38 bits per heavy atom. The normalized spacial score (nSPS) is 10.1. The summed E-state index contributed by atoms with van der Waals surface area (Å²) in [6, 6.07) is 8.05. The Hall–Kier alpha value is -1.75. The van der Waals surface area contributed by atoms with Gasteiger partial charge in [0, 0.05) is 4.88 Å². The summed E-state index contributed by atoms with van der Waals surface area (Å²) in [4.78, 5) is 16.0. The third-order valence-electron chi connectivity index (χ3n) is 1.90. The lowest BCUT2D eigenvalue weighted by Gasteiger charge is -2.02. The number of halogens is 1. The highest BCUT2D eigenvalue weighted by Gasteiger charge is 2.05. The van der Waals surface area contributed by atoms with E-state index < -0.39 is 5.95 Å². The lowest BCUT2D eigenvalue weighted by molar-refractivity contribution is -0.115. The van der Waals surface area contributed by atoms with Crippen LogP contribution in [-0.2, 0) is 11.2 Å². The molecule has 2 aromatic heterocycles. The first-order valence-electron chi connectivity index (χ1n) is 4.69. The Morgan fingerprint density at radius 2 is 2.25 bits per heavy atom. The molecule has 0 aliphatic heterocycles. The highest BCUT2D eigenvalue weighted by atomic mass is 32.1. The maximum Gasteiger partial charge on any atom is 0.230 e. The van der Waals surface area contributed by atoms with E-state index in [0.29, 0.717) is 0 Å². The monoisotopic (exact) mass is 236 g/mol. The molecule has 82 valence electrons.